The van der Waals surface area contributed by atoms with Gasteiger partial charge in [0.15, 0.2) is 11.5 Å². The highest BCUT2D eigenvalue weighted by Crippen LogP contribution is 2.31. The second-order valence-electron chi connectivity index (χ2n) is 5.20. The van der Waals surface area contributed by atoms with Crippen LogP contribution in [0.15, 0.2) is 47.5 Å². The zero-order chi connectivity index (χ0) is 18.2. The Hall–Kier alpha value is -2.62. The number of hydrogen-bond acceptors (Lipinski definition) is 4. The first-order valence-electron chi connectivity index (χ1n) is 7.25. The Balaban J connectivity index is 2.01. The van der Waals surface area contributed by atoms with E-state index in [9.17, 15) is 21.6 Å². The molecule has 0 saturated heterocycles. The van der Waals surface area contributed by atoms with Crippen molar-refractivity contribution in [1.29, 1.82) is 0 Å². The van der Waals surface area contributed by atoms with E-state index in [1.54, 1.807) is 12.3 Å². The molecule has 0 spiro atoms. The first-order chi connectivity index (χ1) is 11.7. The van der Waals surface area contributed by atoms with E-state index in [4.69, 9.17) is 0 Å². The minimum Gasteiger partial charge on any atom is -0.276 e. The Labute approximate surface area is 141 Å². The molecule has 1 N–H and O–H groups in total. The van der Waals surface area contributed by atoms with Crippen LogP contribution >= 0.6 is 0 Å². The van der Waals surface area contributed by atoms with Gasteiger partial charge >= 0.3 is 6.18 Å². The van der Waals surface area contributed by atoms with Crippen LogP contribution in [0.1, 0.15) is 18.3 Å². The molecule has 0 aliphatic rings. The third-order valence-corrected chi connectivity index (χ3v) is 4.80. The lowest BCUT2D eigenvalue weighted by Gasteiger charge is -2.11. The standard InChI is InChI=1S/C15H13F3N4O2S/c1-2-13-19-14-12(7-4-8-22(14)20-13)21-25(23,24)11-6-3-5-10(9-11)15(16,17)18/h3-9,21H,2H2,1H3. The van der Waals surface area contributed by atoms with Crippen LogP contribution in [-0.4, -0.2) is 23.0 Å². The number of fused-ring (bicyclic) bond motifs is 1. The summed E-state index contributed by atoms with van der Waals surface area (Å²) in [4.78, 5) is 3.72. The van der Waals surface area contributed by atoms with E-state index in [1.807, 2.05) is 6.92 Å². The van der Waals surface area contributed by atoms with Crippen molar-refractivity contribution in [1.82, 2.24) is 14.6 Å². The number of aryl methyl sites for hydroxylation is 1. The molecule has 0 saturated carbocycles. The van der Waals surface area contributed by atoms with Gasteiger partial charge in [-0.05, 0) is 30.3 Å². The predicted octanol–water partition coefficient (Wildman–Crippen LogP) is 3.11. The van der Waals surface area contributed by atoms with Crippen molar-refractivity contribution in [3.05, 3.63) is 54.0 Å². The van der Waals surface area contributed by atoms with E-state index < -0.39 is 26.7 Å². The fraction of sp³-hybridized carbons (Fsp3) is 0.200. The maximum Gasteiger partial charge on any atom is 0.416 e. The highest BCUT2D eigenvalue weighted by molar-refractivity contribution is 7.92. The normalized spacial score (nSPS) is 12.5. The van der Waals surface area contributed by atoms with Gasteiger partial charge in [0, 0.05) is 12.6 Å². The molecule has 0 bridgehead atoms. The molecule has 0 unspecified atom stereocenters. The van der Waals surface area contributed by atoms with E-state index in [2.05, 4.69) is 14.8 Å². The largest absolute Gasteiger partial charge is 0.416 e. The molecule has 0 fully saturated rings. The van der Waals surface area contributed by atoms with Crippen LogP contribution in [0.3, 0.4) is 0 Å². The highest BCUT2D eigenvalue weighted by atomic mass is 32.2. The Morgan fingerprint density at radius 3 is 2.64 bits per heavy atom. The molecule has 2 heterocycles. The van der Waals surface area contributed by atoms with Gasteiger partial charge in [-0.2, -0.15) is 18.3 Å². The lowest BCUT2D eigenvalue weighted by Crippen LogP contribution is -2.15. The quantitative estimate of drug-likeness (QED) is 0.766. The van der Waals surface area contributed by atoms with Crippen LogP contribution in [0.4, 0.5) is 18.9 Å². The van der Waals surface area contributed by atoms with Gasteiger partial charge in [-0.3, -0.25) is 4.72 Å². The number of sulfonamides is 1. The number of benzene rings is 1. The molecule has 0 amide bonds. The second kappa shape index (κ2) is 6.03. The summed E-state index contributed by atoms with van der Waals surface area (Å²) in [5.74, 6) is 0.519. The maximum absolute atomic E-state index is 12.8. The molecule has 25 heavy (non-hydrogen) atoms. The average Bonchev–Trinajstić information content (AvgIpc) is 2.98. The zero-order valence-electron chi connectivity index (χ0n) is 12.9. The SMILES string of the molecule is CCc1nc2c(NS(=O)(=O)c3cccc(C(F)(F)F)c3)cccn2n1. The van der Waals surface area contributed by atoms with Crippen molar-refractivity contribution >= 4 is 21.4 Å². The summed E-state index contributed by atoms with van der Waals surface area (Å²) in [6.45, 7) is 1.85. The van der Waals surface area contributed by atoms with Gasteiger partial charge in [-0.25, -0.2) is 17.9 Å². The first-order valence-corrected chi connectivity index (χ1v) is 8.73. The highest BCUT2D eigenvalue weighted by Gasteiger charge is 2.31. The number of hydrogen-bond donors (Lipinski definition) is 1. The number of aromatic nitrogens is 3. The topological polar surface area (TPSA) is 76.4 Å². The monoisotopic (exact) mass is 370 g/mol. The molecule has 0 aliphatic carbocycles. The molecular formula is C15H13F3N4O2S. The summed E-state index contributed by atoms with van der Waals surface area (Å²) >= 11 is 0. The summed E-state index contributed by atoms with van der Waals surface area (Å²) in [7, 11) is -4.22. The summed E-state index contributed by atoms with van der Waals surface area (Å²) in [5.41, 5.74) is -0.633. The van der Waals surface area contributed by atoms with Gasteiger partial charge in [-0.1, -0.05) is 13.0 Å². The smallest absolute Gasteiger partial charge is 0.276 e. The van der Waals surface area contributed by atoms with Gasteiger partial charge in [0.05, 0.1) is 16.1 Å². The number of rotatable bonds is 4. The van der Waals surface area contributed by atoms with Crippen molar-refractivity contribution < 1.29 is 21.6 Å². The third-order valence-electron chi connectivity index (χ3n) is 3.44. The van der Waals surface area contributed by atoms with Gasteiger partial charge in [0.1, 0.15) is 0 Å². The van der Waals surface area contributed by atoms with Gasteiger partial charge in [0.25, 0.3) is 10.0 Å². The van der Waals surface area contributed by atoms with Crippen LogP contribution in [-0.2, 0) is 22.6 Å². The fourth-order valence-corrected chi connectivity index (χ4v) is 3.33. The minimum atomic E-state index is -4.63. The number of nitrogens with one attached hydrogen (secondary N) is 1. The van der Waals surface area contributed by atoms with Crippen LogP contribution in [0.25, 0.3) is 5.65 Å². The van der Waals surface area contributed by atoms with E-state index >= 15 is 0 Å². The van der Waals surface area contributed by atoms with Crippen molar-refractivity contribution in [2.75, 3.05) is 4.72 Å². The molecule has 0 radical (unpaired) electrons. The molecule has 3 aromatic rings. The lowest BCUT2D eigenvalue weighted by molar-refractivity contribution is -0.137. The Morgan fingerprint density at radius 2 is 1.96 bits per heavy atom. The zero-order valence-corrected chi connectivity index (χ0v) is 13.8. The number of pyridine rings is 1. The van der Waals surface area contributed by atoms with Crippen LogP contribution in [0.5, 0.6) is 0 Å². The molecule has 10 heteroatoms. The van der Waals surface area contributed by atoms with Crippen LogP contribution < -0.4 is 4.72 Å². The molecule has 3 rings (SSSR count). The van der Waals surface area contributed by atoms with Gasteiger partial charge in [0.2, 0.25) is 0 Å². The molecule has 6 nitrogen and oxygen atoms in total. The van der Waals surface area contributed by atoms with Crippen LogP contribution in [0, 0.1) is 0 Å². The summed E-state index contributed by atoms with van der Waals surface area (Å²) < 4.78 is 67.0. The number of alkyl halides is 3. The van der Waals surface area contributed by atoms with Crippen molar-refractivity contribution in [2.24, 2.45) is 0 Å². The minimum absolute atomic E-state index is 0.132. The molecule has 0 aliphatic heterocycles. The number of nitrogens with zero attached hydrogens (tertiary/aromatic N) is 3. The molecule has 0 atom stereocenters. The van der Waals surface area contributed by atoms with Crippen molar-refractivity contribution in [3.63, 3.8) is 0 Å². The van der Waals surface area contributed by atoms with Crippen molar-refractivity contribution in [2.45, 2.75) is 24.4 Å². The van der Waals surface area contributed by atoms with Crippen molar-refractivity contribution in [3.8, 4) is 0 Å². The second-order valence-corrected chi connectivity index (χ2v) is 6.89. The van der Waals surface area contributed by atoms with Gasteiger partial charge in [-0.15, -0.1) is 0 Å². The van der Waals surface area contributed by atoms with E-state index in [0.29, 0.717) is 18.3 Å². The Bertz CT molecular complexity index is 1030. The van der Waals surface area contributed by atoms with E-state index in [0.717, 1.165) is 18.2 Å². The Morgan fingerprint density at radius 1 is 1.20 bits per heavy atom. The van der Waals surface area contributed by atoms with E-state index in [1.165, 1.54) is 10.6 Å². The molecule has 132 valence electrons. The molecule has 2 aromatic heterocycles. The summed E-state index contributed by atoms with van der Waals surface area (Å²) in [6.07, 6.45) is -2.47. The van der Waals surface area contributed by atoms with Gasteiger partial charge < -0.3 is 0 Å². The predicted molar refractivity (Wildman–Crippen MR) is 84.6 cm³/mol. The number of halogens is 3. The summed E-state index contributed by atoms with van der Waals surface area (Å²) in [5, 5.41) is 4.16. The molecule has 1 aromatic carbocycles. The Kier molecular flexibility index (Phi) is 4.15. The van der Waals surface area contributed by atoms with Crippen LogP contribution in [0.2, 0.25) is 0 Å². The number of anilines is 1. The summed E-state index contributed by atoms with van der Waals surface area (Å²) in [6, 6.07) is 6.57. The maximum atomic E-state index is 12.8. The van der Waals surface area contributed by atoms with E-state index in [-0.39, 0.29) is 11.3 Å². The first kappa shape index (κ1) is 17.2. The average molecular weight is 370 g/mol. The fourth-order valence-electron chi connectivity index (χ4n) is 2.22. The lowest BCUT2D eigenvalue weighted by atomic mass is 10.2. The third kappa shape index (κ3) is 3.43. The molecular weight excluding hydrogens is 357 g/mol.